The normalized spacial score (nSPS) is 24.5. The van der Waals surface area contributed by atoms with E-state index in [4.69, 9.17) is 10.1 Å². The Balaban J connectivity index is 0.00000132. The number of hydrogen-bond acceptors (Lipinski definition) is 3. The molecular formula is C26H36F2N2O. The first-order chi connectivity index (χ1) is 15.0. The Kier molecular flexibility index (Phi) is 8.42. The lowest BCUT2D eigenvalue weighted by atomic mass is 9.83. The van der Waals surface area contributed by atoms with Crippen molar-refractivity contribution in [2.75, 3.05) is 20.2 Å². The quantitative estimate of drug-likeness (QED) is 0.531. The van der Waals surface area contributed by atoms with Crippen molar-refractivity contribution in [3.05, 3.63) is 42.0 Å². The lowest BCUT2D eigenvalue weighted by molar-refractivity contribution is 0.0276. The fourth-order valence-corrected chi connectivity index (χ4v) is 5.05. The first-order valence-electron chi connectivity index (χ1n) is 11.7. The Bertz CT molecular complexity index is 862. The van der Waals surface area contributed by atoms with E-state index in [1.54, 1.807) is 7.11 Å². The van der Waals surface area contributed by atoms with Gasteiger partial charge in [0.15, 0.2) is 0 Å². The van der Waals surface area contributed by atoms with E-state index in [-0.39, 0.29) is 5.92 Å². The first-order valence-corrected chi connectivity index (χ1v) is 11.7. The molecule has 170 valence electrons. The van der Waals surface area contributed by atoms with Crippen molar-refractivity contribution in [3.8, 4) is 5.75 Å². The predicted molar refractivity (Wildman–Crippen MR) is 125 cm³/mol. The van der Waals surface area contributed by atoms with Crippen molar-refractivity contribution < 1.29 is 13.5 Å². The van der Waals surface area contributed by atoms with Crippen molar-refractivity contribution in [2.24, 2.45) is 11.8 Å². The zero-order valence-electron chi connectivity index (χ0n) is 19.0. The summed E-state index contributed by atoms with van der Waals surface area (Å²) in [6.07, 6.45) is 2.94. The van der Waals surface area contributed by atoms with E-state index in [0.717, 1.165) is 60.9 Å². The van der Waals surface area contributed by atoms with Gasteiger partial charge in [-0.3, -0.25) is 4.90 Å². The number of methoxy groups -OCH3 is 1. The second-order valence-corrected chi connectivity index (χ2v) is 8.58. The Hall–Kier alpha value is -2.01. The third-order valence-electron chi connectivity index (χ3n) is 6.83. The number of hydrogen-bond donors (Lipinski definition) is 1. The molecule has 0 bridgehead atoms. The molecule has 1 atom stereocenters. The van der Waals surface area contributed by atoms with Crippen molar-refractivity contribution in [1.29, 1.82) is 5.41 Å². The predicted octanol–water partition coefficient (Wildman–Crippen LogP) is 6.78. The summed E-state index contributed by atoms with van der Waals surface area (Å²) in [6, 6.07) is 12.6. The van der Waals surface area contributed by atoms with Gasteiger partial charge >= 0.3 is 0 Å². The topological polar surface area (TPSA) is 36.3 Å². The number of rotatable bonds is 5. The highest BCUT2D eigenvalue weighted by atomic mass is 19.3. The van der Waals surface area contributed by atoms with Crippen molar-refractivity contribution in [2.45, 2.75) is 64.8 Å². The molecule has 0 aromatic heterocycles. The molecule has 3 nitrogen and oxygen atoms in total. The maximum absolute atomic E-state index is 13.0. The van der Waals surface area contributed by atoms with Gasteiger partial charge in [0.25, 0.3) is 0 Å². The smallest absolute Gasteiger partial charge is 0.241 e. The van der Waals surface area contributed by atoms with Crippen LogP contribution in [0.1, 0.15) is 57.9 Å². The van der Waals surface area contributed by atoms with E-state index in [1.165, 1.54) is 0 Å². The molecule has 2 aliphatic rings. The van der Waals surface area contributed by atoms with Crippen LogP contribution in [0.2, 0.25) is 0 Å². The zero-order chi connectivity index (χ0) is 22.4. The standard InChI is InChI=1S/C24H30F2N2O.C2H6/c1-29-22-11-8-17-13-19(5-4-18(17)14-22)23(27)20-3-2-12-28(15-20)21-9-6-16(7-10-21)24(25)26;1-2/h4-5,8,11,13-14,16,20-21,24,27H,2-3,6-7,9-10,12,15H2,1H3;1-2H3. The zero-order valence-corrected chi connectivity index (χ0v) is 19.0. The Morgan fingerprint density at radius 2 is 1.68 bits per heavy atom. The molecule has 1 heterocycles. The van der Waals surface area contributed by atoms with Gasteiger partial charge in [0, 0.05) is 30.1 Å². The monoisotopic (exact) mass is 430 g/mol. The van der Waals surface area contributed by atoms with Crippen LogP contribution < -0.4 is 4.74 Å². The maximum atomic E-state index is 13.0. The molecule has 4 rings (SSSR count). The second-order valence-electron chi connectivity index (χ2n) is 8.58. The fourth-order valence-electron chi connectivity index (χ4n) is 5.05. The number of alkyl halides is 2. The van der Waals surface area contributed by atoms with Gasteiger partial charge in [-0.25, -0.2) is 8.78 Å². The molecule has 1 saturated carbocycles. The van der Waals surface area contributed by atoms with Crippen molar-refractivity contribution in [1.82, 2.24) is 4.90 Å². The molecule has 2 fully saturated rings. The number of ether oxygens (including phenoxy) is 1. The SMILES string of the molecule is CC.COc1ccc2cc(C(=N)C3CCCN(C4CCC(C(F)F)CC4)C3)ccc2c1. The molecular weight excluding hydrogens is 394 g/mol. The van der Waals surface area contributed by atoms with Crippen LogP contribution in [0.25, 0.3) is 10.8 Å². The minimum Gasteiger partial charge on any atom is -0.497 e. The van der Waals surface area contributed by atoms with Crippen LogP contribution in [0, 0.1) is 17.2 Å². The van der Waals surface area contributed by atoms with Gasteiger partial charge in [0.05, 0.1) is 7.11 Å². The van der Waals surface area contributed by atoms with E-state index >= 15 is 0 Å². The summed E-state index contributed by atoms with van der Waals surface area (Å²) in [4.78, 5) is 2.47. The largest absolute Gasteiger partial charge is 0.497 e. The van der Waals surface area contributed by atoms with Crippen LogP contribution in [0.4, 0.5) is 8.78 Å². The molecule has 1 aliphatic heterocycles. The number of fused-ring (bicyclic) bond motifs is 1. The van der Waals surface area contributed by atoms with Crippen LogP contribution in [0.5, 0.6) is 5.75 Å². The molecule has 1 unspecified atom stereocenters. The minimum absolute atomic E-state index is 0.215. The molecule has 0 amide bonds. The van der Waals surface area contributed by atoms with Gasteiger partial charge in [-0.15, -0.1) is 0 Å². The van der Waals surface area contributed by atoms with Crippen molar-refractivity contribution >= 4 is 16.5 Å². The van der Waals surface area contributed by atoms with Gasteiger partial charge in [0.2, 0.25) is 6.43 Å². The molecule has 0 radical (unpaired) electrons. The van der Waals surface area contributed by atoms with E-state index in [9.17, 15) is 8.78 Å². The summed E-state index contributed by atoms with van der Waals surface area (Å²) < 4.78 is 31.2. The first kappa shape index (κ1) is 23.6. The molecule has 31 heavy (non-hydrogen) atoms. The van der Waals surface area contributed by atoms with E-state index in [0.29, 0.717) is 24.6 Å². The summed E-state index contributed by atoms with van der Waals surface area (Å²) in [6.45, 7) is 5.91. The molecule has 1 N–H and O–H groups in total. The Morgan fingerprint density at radius 3 is 2.35 bits per heavy atom. The third kappa shape index (κ3) is 5.62. The van der Waals surface area contributed by atoms with Crippen LogP contribution >= 0.6 is 0 Å². The van der Waals surface area contributed by atoms with E-state index < -0.39 is 12.3 Å². The molecule has 2 aromatic rings. The lowest BCUT2D eigenvalue weighted by Crippen LogP contribution is -2.46. The summed E-state index contributed by atoms with van der Waals surface area (Å²) in [5.41, 5.74) is 1.68. The number of benzene rings is 2. The highest BCUT2D eigenvalue weighted by Gasteiger charge is 2.33. The number of halogens is 2. The van der Waals surface area contributed by atoms with E-state index in [1.807, 2.05) is 38.1 Å². The van der Waals surface area contributed by atoms with Gasteiger partial charge in [-0.05, 0) is 79.6 Å². The van der Waals surface area contributed by atoms with Gasteiger partial charge in [0.1, 0.15) is 5.75 Å². The summed E-state index contributed by atoms with van der Waals surface area (Å²) >= 11 is 0. The maximum Gasteiger partial charge on any atom is 0.241 e. The summed E-state index contributed by atoms with van der Waals surface area (Å²) in [7, 11) is 1.67. The highest BCUT2D eigenvalue weighted by Crippen LogP contribution is 2.34. The summed E-state index contributed by atoms with van der Waals surface area (Å²) in [5.74, 6) is 0.637. The number of nitrogens with zero attached hydrogens (tertiary/aromatic N) is 1. The van der Waals surface area contributed by atoms with Crippen LogP contribution in [0.3, 0.4) is 0 Å². The number of nitrogens with one attached hydrogen (secondary N) is 1. The minimum atomic E-state index is -2.17. The third-order valence-corrected chi connectivity index (χ3v) is 6.83. The van der Waals surface area contributed by atoms with Gasteiger partial charge in [-0.2, -0.15) is 0 Å². The van der Waals surface area contributed by atoms with Crippen LogP contribution in [-0.4, -0.2) is 43.3 Å². The van der Waals surface area contributed by atoms with Crippen molar-refractivity contribution in [3.63, 3.8) is 0 Å². The van der Waals surface area contributed by atoms with Gasteiger partial charge < -0.3 is 10.1 Å². The lowest BCUT2D eigenvalue weighted by Gasteiger charge is -2.41. The average Bonchev–Trinajstić information content (AvgIpc) is 2.84. The van der Waals surface area contributed by atoms with Gasteiger partial charge in [-0.1, -0.05) is 32.0 Å². The molecule has 1 aliphatic carbocycles. The molecule has 1 saturated heterocycles. The number of piperidine rings is 1. The molecule has 0 spiro atoms. The summed E-state index contributed by atoms with van der Waals surface area (Å²) in [5, 5.41) is 11.0. The van der Waals surface area contributed by atoms with E-state index in [2.05, 4.69) is 17.0 Å². The number of likely N-dealkylation sites (tertiary alicyclic amines) is 1. The van der Waals surface area contributed by atoms with Crippen LogP contribution in [0.15, 0.2) is 36.4 Å². The average molecular weight is 431 g/mol. The Morgan fingerprint density at radius 1 is 1.00 bits per heavy atom. The fraction of sp³-hybridized carbons (Fsp3) is 0.577. The molecule has 5 heteroatoms. The van der Waals surface area contributed by atoms with Crippen LogP contribution in [-0.2, 0) is 0 Å². The molecule has 2 aromatic carbocycles. The Labute approximate surface area is 185 Å². The highest BCUT2D eigenvalue weighted by molar-refractivity contribution is 6.03. The second kappa shape index (κ2) is 11.0.